The van der Waals surface area contributed by atoms with Crippen molar-refractivity contribution in [3.05, 3.63) is 59.1 Å². The Hall–Kier alpha value is -1.91. The van der Waals surface area contributed by atoms with E-state index in [-0.39, 0.29) is 18.4 Å². The van der Waals surface area contributed by atoms with E-state index in [4.69, 9.17) is 21.1 Å². The lowest BCUT2D eigenvalue weighted by Gasteiger charge is -2.34. The van der Waals surface area contributed by atoms with E-state index in [1.54, 1.807) is 12.1 Å². The quantitative estimate of drug-likeness (QED) is 0.678. The van der Waals surface area contributed by atoms with Gasteiger partial charge in [0.15, 0.2) is 0 Å². The molecule has 3 rings (SSSR count). The summed E-state index contributed by atoms with van der Waals surface area (Å²) in [6.07, 6.45) is 2.31. The van der Waals surface area contributed by atoms with Gasteiger partial charge in [0, 0.05) is 29.7 Å². The van der Waals surface area contributed by atoms with Crippen LogP contribution in [0.25, 0.3) is 0 Å². The Kier molecular flexibility index (Phi) is 7.61. The van der Waals surface area contributed by atoms with Gasteiger partial charge in [-0.05, 0) is 61.4 Å². The second kappa shape index (κ2) is 9.70. The van der Waals surface area contributed by atoms with Gasteiger partial charge in [-0.3, -0.25) is 0 Å². The van der Waals surface area contributed by atoms with E-state index in [0.29, 0.717) is 18.1 Å². The molecular weight excluding hydrogens is 373 g/mol. The predicted molar refractivity (Wildman–Crippen MR) is 107 cm³/mol. The third kappa shape index (κ3) is 5.29. The van der Waals surface area contributed by atoms with Crippen LogP contribution in [0.15, 0.2) is 48.5 Å². The topological polar surface area (TPSA) is 38.8 Å². The summed E-state index contributed by atoms with van der Waals surface area (Å²) < 4.78 is 10.6. The van der Waals surface area contributed by atoms with Gasteiger partial charge in [0.2, 0.25) is 0 Å². The monoisotopic (exact) mass is 395 g/mol. The molecule has 1 unspecified atom stereocenters. The van der Waals surface area contributed by atoms with Crippen LogP contribution >= 0.6 is 24.0 Å². The van der Waals surface area contributed by atoms with Crippen molar-refractivity contribution >= 4 is 35.7 Å². The van der Waals surface area contributed by atoms with Gasteiger partial charge in [-0.15, -0.1) is 12.4 Å². The van der Waals surface area contributed by atoms with Crippen molar-refractivity contribution < 1.29 is 14.3 Å². The molecule has 0 saturated carbocycles. The van der Waals surface area contributed by atoms with Gasteiger partial charge in [0.25, 0.3) is 0 Å². The molecule has 4 nitrogen and oxygen atoms in total. The third-order valence-corrected chi connectivity index (χ3v) is 4.72. The number of carbonyl (C=O) groups is 1. The highest BCUT2D eigenvalue weighted by Gasteiger charge is 2.21. The SMILES string of the molecule is COC(=O)c1ccc(OCC2CCCN(c3ccc(Cl)cc3)C2)cc1.Cl. The van der Waals surface area contributed by atoms with Gasteiger partial charge in [0.1, 0.15) is 5.75 Å². The van der Waals surface area contributed by atoms with Crippen molar-refractivity contribution in [2.24, 2.45) is 5.92 Å². The number of piperidine rings is 1. The van der Waals surface area contributed by atoms with E-state index in [2.05, 4.69) is 17.0 Å². The lowest BCUT2D eigenvalue weighted by Crippen LogP contribution is -2.37. The molecule has 0 aromatic heterocycles. The normalized spacial score (nSPS) is 16.5. The lowest BCUT2D eigenvalue weighted by atomic mass is 9.98. The highest BCUT2D eigenvalue weighted by Crippen LogP contribution is 2.25. The smallest absolute Gasteiger partial charge is 0.337 e. The molecule has 0 N–H and O–H groups in total. The maximum atomic E-state index is 11.4. The molecule has 0 bridgehead atoms. The molecular formula is C20H23Cl2NO3. The number of benzene rings is 2. The van der Waals surface area contributed by atoms with Crippen molar-refractivity contribution in [2.75, 3.05) is 31.7 Å². The minimum absolute atomic E-state index is 0. The number of hydrogen-bond donors (Lipinski definition) is 0. The van der Waals surface area contributed by atoms with Gasteiger partial charge < -0.3 is 14.4 Å². The first-order valence-corrected chi connectivity index (χ1v) is 8.85. The highest BCUT2D eigenvalue weighted by atomic mass is 35.5. The fourth-order valence-corrected chi connectivity index (χ4v) is 3.23. The van der Waals surface area contributed by atoms with Crippen LogP contribution in [0.2, 0.25) is 5.02 Å². The fourth-order valence-electron chi connectivity index (χ4n) is 3.11. The Morgan fingerprint density at radius 2 is 1.85 bits per heavy atom. The Bertz CT molecular complexity index is 704. The van der Waals surface area contributed by atoms with Crippen LogP contribution in [0.4, 0.5) is 5.69 Å². The van der Waals surface area contributed by atoms with Crippen molar-refractivity contribution in [2.45, 2.75) is 12.8 Å². The molecule has 1 atom stereocenters. The van der Waals surface area contributed by atoms with Crippen LogP contribution in [-0.4, -0.2) is 32.8 Å². The van der Waals surface area contributed by atoms with E-state index >= 15 is 0 Å². The van der Waals surface area contributed by atoms with Gasteiger partial charge >= 0.3 is 5.97 Å². The number of carbonyl (C=O) groups excluding carboxylic acids is 1. The number of nitrogens with zero attached hydrogens (tertiary/aromatic N) is 1. The van der Waals surface area contributed by atoms with Crippen molar-refractivity contribution in [1.82, 2.24) is 0 Å². The molecule has 1 heterocycles. The first-order chi connectivity index (χ1) is 12.2. The third-order valence-electron chi connectivity index (χ3n) is 4.47. The molecule has 6 heteroatoms. The number of methoxy groups -OCH3 is 1. The van der Waals surface area contributed by atoms with Crippen molar-refractivity contribution in [3.8, 4) is 5.75 Å². The average molecular weight is 396 g/mol. The summed E-state index contributed by atoms with van der Waals surface area (Å²) in [5.74, 6) is 0.915. The summed E-state index contributed by atoms with van der Waals surface area (Å²) >= 11 is 5.97. The van der Waals surface area contributed by atoms with Gasteiger partial charge in [-0.2, -0.15) is 0 Å². The number of rotatable bonds is 5. The van der Waals surface area contributed by atoms with Crippen LogP contribution in [0.5, 0.6) is 5.75 Å². The maximum Gasteiger partial charge on any atom is 0.337 e. The molecule has 1 aliphatic rings. The average Bonchev–Trinajstić information content (AvgIpc) is 2.67. The van der Waals surface area contributed by atoms with E-state index in [1.807, 2.05) is 24.3 Å². The molecule has 0 radical (unpaired) electrons. The minimum atomic E-state index is -0.336. The number of hydrogen-bond acceptors (Lipinski definition) is 4. The lowest BCUT2D eigenvalue weighted by molar-refractivity contribution is 0.0600. The summed E-state index contributed by atoms with van der Waals surface area (Å²) in [5.41, 5.74) is 1.73. The second-order valence-corrected chi connectivity index (χ2v) is 6.69. The molecule has 1 aliphatic heterocycles. The molecule has 26 heavy (non-hydrogen) atoms. The highest BCUT2D eigenvalue weighted by molar-refractivity contribution is 6.30. The summed E-state index contributed by atoms with van der Waals surface area (Å²) in [7, 11) is 1.38. The van der Waals surface area contributed by atoms with E-state index < -0.39 is 0 Å². The van der Waals surface area contributed by atoms with Crippen LogP contribution in [0.3, 0.4) is 0 Å². The number of anilines is 1. The summed E-state index contributed by atoms with van der Waals surface area (Å²) in [4.78, 5) is 13.8. The number of ether oxygens (including phenoxy) is 2. The fraction of sp³-hybridized carbons (Fsp3) is 0.350. The zero-order chi connectivity index (χ0) is 17.6. The Morgan fingerprint density at radius 1 is 1.15 bits per heavy atom. The van der Waals surface area contributed by atoms with Crippen LogP contribution in [0.1, 0.15) is 23.2 Å². The molecule has 2 aromatic rings. The summed E-state index contributed by atoms with van der Waals surface area (Å²) in [5, 5.41) is 0.760. The first-order valence-electron chi connectivity index (χ1n) is 8.47. The van der Waals surface area contributed by atoms with Crippen molar-refractivity contribution in [3.63, 3.8) is 0 Å². The Balaban J connectivity index is 0.00000243. The second-order valence-electron chi connectivity index (χ2n) is 6.26. The van der Waals surface area contributed by atoms with Crippen LogP contribution < -0.4 is 9.64 Å². The largest absolute Gasteiger partial charge is 0.493 e. The number of halogens is 2. The molecule has 1 fully saturated rings. The van der Waals surface area contributed by atoms with Gasteiger partial charge in [-0.25, -0.2) is 4.79 Å². The molecule has 140 valence electrons. The van der Waals surface area contributed by atoms with Gasteiger partial charge in [0.05, 0.1) is 19.3 Å². The molecule has 2 aromatic carbocycles. The number of esters is 1. The van der Waals surface area contributed by atoms with Crippen molar-refractivity contribution in [1.29, 1.82) is 0 Å². The Labute approximate surface area is 165 Å². The van der Waals surface area contributed by atoms with E-state index in [9.17, 15) is 4.79 Å². The maximum absolute atomic E-state index is 11.4. The minimum Gasteiger partial charge on any atom is -0.493 e. The zero-order valence-corrected chi connectivity index (χ0v) is 16.3. The standard InChI is InChI=1S/C20H22ClNO3.ClH/c1-24-20(23)16-4-10-19(11-5-16)25-14-15-3-2-12-22(13-15)18-8-6-17(21)7-9-18;/h4-11,15H,2-3,12-14H2,1H3;1H. The molecule has 0 amide bonds. The van der Waals surface area contributed by atoms with Crippen LogP contribution in [-0.2, 0) is 4.74 Å². The molecule has 0 aliphatic carbocycles. The molecule has 0 spiro atoms. The van der Waals surface area contributed by atoms with E-state index in [1.165, 1.54) is 12.8 Å². The molecule has 1 saturated heterocycles. The summed E-state index contributed by atoms with van der Waals surface area (Å²) in [6.45, 7) is 2.70. The summed E-state index contributed by atoms with van der Waals surface area (Å²) in [6, 6.07) is 15.1. The Morgan fingerprint density at radius 3 is 2.50 bits per heavy atom. The predicted octanol–water partition coefficient (Wildman–Crippen LogP) is 4.84. The first kappa shape index (κ1) is 20.4. The van der Waals surface area contributed by atoms with E-state index in [0.717, 1.165) is 36.7 Å². The van der Waals surface area contributed by atoms with Gasteiger partial charge in [-0.1, -0.05) is 11.6 Å². The zero-order valence-electron chi connectivity index (χ0n) is 14.7. The van der Waals surface area contributed by atoms with Crippen LogP contribution in [0, 0.1) is 5.92 Å².